The highest BCUT2D eigenvalue weighted by molar-refractivity contribution is 8.92. The van der Waals surface area contributed by atoms with Crippen molar-refractivity contribution in [1.82, 2.24) is 0 Å². The fourth-order valence-corrected chi connectivity index (χ4v) is 21.2. The van der Waals surface area contributed by atoms with Crippen LogP contribution >= 0.6 is 56.6 Å². The first-order valence-corrected chi connectivity index (χ1v) is 20.2. The van der Waals surface area contributed by atoms with E-state index in [4.69, 9.17) is 0 Å². The Balaban J connectivity index is 1.59. The van der Waals surface area contributed by atoms with E-state index in [2.05, 4.69) is 0 Å². The molecule has 0 radical (unpaired) electrons. The van der Waals surface area contributed by atoms with Crippen LogP contribution in [0.15, 0.2) is 141 Å². The zero-order valence-corrected chi connectivity index (χ0v) is 23.4. The fourth-order valence-electron chi connectivity index (χ4n) is 3.03. The average Bonchev–Trinajstić information content (AvgIpc) is 2.85. The van der Waals surface area contributed by atoms with Gasteiger partial charge in [-0.1, -0.05) is 72.8 Å². The van der Waals surface area contributed by atoms with Gasteiger partial charge < -0.3 is 0 Å². The zero-order valence-electron chi connectivity index (χ0n) is 18.3. The highest BCUT2D eigenvalue weighted by Gasteiger charge is 2.33. The van der Waals surface area contributed by atoms with Gasteiger partial charge in [-0.3, -0.25) is 9.13 Å². The SMILES string of the molecule is O=P(CCP(=O)(Sc1ccccc1)Sc1ccccc1)(Sc1ccccc1)Sc1ccccc1. The average molecular weight is 559 g/mol. The Bertz CT molecular complexity index is 1070. The molecule has 0 saturated carbocycles. The minimum Gasteiger partial charge on any atom is -0.300 e. The summed E-state index contributed by atoms with van der Waals surface area (Å²) in [4.78, 5) is 3.87. The number of hydrogen-bond acceptors (Lipinski definition) is 6. The van der Waals surface area contributed by atoms with Gasteiger partial charge in [0.25, 0.3) is 0 Å². The molecule has 0 atom stereocenters. The van der Waals surface area contributed by atoms with Crippen LogP contribution in [0.5, 0.6) is 0 Å². The maximum absolute atomic E-state index is 14.3. The summed E-state index contributed by atoms with van der Waals surface area (Å²) in [6, 6.07) is 39.4. The second-order valence-electron chi connectivity index (χ2n) is 7.29. The van der Waals surface area contributed by atoms with Crippen LogP contribution in [-0.2, 0) is 9.13 Å². The minimum atomic E-state index is -2.83. The van der Waals surface area contributed by atoms with Gasteiger partial charge in [0.15, 0.2) is 0 Å². The predicted octanol–water partition coefficient (Wildman–Crippen LogP) is 10.5. The van der Waals surface area contributed by atoms with Crippen LogP contribution in [0, 0.1) is 0 Å². The van der Waals surface area contributed by atoms with E-state index in [-0.39, 0.29) is 0 Å². The standard InChI is InChI=1S/C26H24O2P2S4/c27-29(31-23-13-5-1-6-14-23,32-24-15-7-2-8-16-24)21-22-30(28,33-25-17-9-3-10-18-25)34-26-19-11-4-12-20-26/h1-20H,21-22H2. The molecule has 34 heavy (non-hydrogen) atoms. The Kier molecular flexibility index (Phi) is 9.59. The molecule has 0 unspecified atom stereocenters. The van der Waals surface area contributed by atoms with Crippen molar-refractivity contribution in [2.75, 3.05) is 12.3 Å². The largest absolute Gasteiger partial charge is 0.300 e. The van der Waals surface area contributed by atoms with E-state index in [1.807, 2.05) is 121 Å². The molecule has 2 nitrogen and oxygen atoms in total. The number of benzene rings is 4. The van der Waals surface area contributed by atoms with Crippen LogP contribution in [0.3, 0.4) is 0 Å². The molecule has 8 heteroatoms. The third-order valence-corrected chi connectivity index (χ3v) is 20.3. The summed E-state index contributed by atoms with van der Waals surface area (Å²) in [6.45, 7) is 0. The highest BCUT2D eigenvalue weighted by Crippen LogP contribution is 2.78. The van der Waals surface area contributed by atoms with E-state index >= 15 is 0 Å². The van der Waals surface area contributed by atoms with E-state index in [1.165, 1.54) is 45.5 Å². The maximum Gasteiger partial charge on any atom is 0.200 e. The summed E-state index contributed by atoms with van der Waals surface area (Å²) in [5.41, 5.74) is -5.67. The van der Waals surface area contributed by atoms with Crippen LogP contribution in [0.4, 0.5) is 0 Å². The molecule has 0 aliphatic carbocycles. The minimum absolute atomic E-state index is 0.378. The van der Waals surface area contributed by atoms with Crippen molar-refractivity contribution in [3.8, 4) is 0 Å². The van der Waals surface area contributed by atoms with Crippen LogP contribution in [0.25, 0.3) is 0 Å². The van der Waals surface area contributed by atoms with Crippen molar-refractivity contribution < 1.29 is 9.13 Å². The smallest absolute Gasteiger partial charge is 0.200 e. The second-order valence-corrected chi connectivity index (χ2v) is 23.9. The van der Waals surface area contributed by atoms with Gasteiger partial charge in [0.1, 0.15) is 0 Å². The molecule has 4 rings (SSSR count). The fraction of sp³-hybridized carbons (Fsp3) is 0.0769. The van der Waals surface area contributed by atoms with E-state index < -0.39 is 11.1 Å². The molecule has 0 fully saturated rings. The molecule has 4 aromatic rings. The Hall–Kier alpha value is -1.26. The first-order valence-electron chi connectivity index (χ1n) is 10.7. The van der Waals surface area contributed by atoms with Crippen molar-refractivity contribution in [3.63, 3.8) is 0 Å². The summed E-state index contributed by atoms with van der Waals surface area (Å²) in [6.07, 6.45) is 0.756. The number of rotatable bonds is 11. The molecule has 0 N–H and O–H groups in total. The van der Waals surface area contributed by atoms with Crippen LogP contribution < -0.4 is 0 Å². The van der Waals surface area contributed by atoms with Crippen LogP contribution in [-0.4, -0.2) is 12.3 Å². The van der Waals surface area contributed by atoms with Crippen molar-refractivity contribution >= 4 is 56.6 Å². The monoisotopic (exact) mass is 558 g/mol. The van der Waals surface area contributed by atoms with Crippen molar-refractivity contribution in [2.45, 2.75) is 19.6 Å². The van der Waals surface area contributed by atoms with Crippen molar-refractivity contribution in [1.29, 1.82) is 0 Å². The predicted molar refractivity (Wildman–Crippen MR) is 154 cm³/mol. The Labute approximate surface area is 217 Å². The van der Waals surface area contributed by atoms with Crippen LogP contribution in [0.2, 0.25) is 0 Å². The topological polar surface area (TPSA) is 34.1 Å². The molecule has 0 aliphatic heterocycles. The lowest BCUT2D eigenvalue weighted by Gasteiger charge is -2.21. The molecule has 0 amide bonds. The van der Waals surface area contributed by atoms with E-state index in [1.54, 1.807) is 0 Å². The van der Waals surface area contributed by atoms with Gasteiger partial charge in [0.2, 0.25) is 11.1 Å². The number of hydrogen-bond donors (Lipinski definition) is 0. The summed E-state index contributed by atoms with van der Waals surface area (Å²) in [5, 5.41) is 0. The van der Waals surface area contributed by atoms with E-state index in [0.717, 1.165) is 19.6 Å². The Morgan fingerprint density at radius 1 is 0.382 bits per heavy atom. The molecule has 0 bridgehead atoms. The van der Waals surface area contributed by atoms with Gasteiger partial charge in [-0.2, -0.15) is 0 Å². The molecular weight excluding hydrogens is 535 g/mol. The van der Waals surface area contributed by atoms with Crippen molar-refractivity contribution in [3.05, 3.63) is 121 Å². The summed E-state index contributed by atoms with van der Waals surface area (Å²) < 4.78 is 28.6. The summed E-state index contributed by atoms with van der Waals surface area (Å²) in [5.74, 6) is 0. The van der Waals surface area contributed by atoms with Gasteiger partial charge >= 0.3 is 0 Å². The van der Waals surface area contributed by atoms with Gasteiger partial charge in [0, 0.05) is 31.9 Å². The zero-order chi connectivity index (χ0) is 23.7. The normalized spacial score (nSPS) is 11.9. The van der Waals surface area contributed by atoms with Crippen LogP contribution in [0.1, 0.15) is 0 Å². The van der Waals surface area contributed by atoms with Crippen molar-refractivity contribution in [2.24, 2.45) is 0 Å². The third kappa shape index (κ3) is 8.16. The van der Waals surface area contributed by atoms with Gasteiger partial charge in [-0.15, -0.1) is 0 Å². The molecule has 174 valence electrons. The quantitative estimate of drug-likeness (QED) is 0.170. The summed E-state index contributed by atoms with van der Waals surface area (Å²) in [7, 11) is 0. The maximum atomic E-state index is 14.3. The summed E-state index contributed by atoms with van der Waals surface area (Å²) >= 11 is 5.67. The van der Waals surface area contributed by atoms with Gasteiger partial charge in [-0.25, -0.2) is 0 Å². The molecule has 0 saturated heterocycles. The lowest BCUT2D eigenvalue weighted by Crippen LogP contribution is -1.92. The first-order chi connectivity index (χ1) is 16.5. The first kappa shape index (κ1) is 25.8. The molecule has 0 aliphatic rings. The molecule has 0 aromatic heterocycles. The lowest BCUT2D eigenvalue weighted by molar-refractivity contribution is 0.589. The second kappa shape index (κ2) is 12.6. The van der Waals surface area contributed by atoms with E-state index in [9.17, 15) is 9.13 Å². The highest BCUT2D eigenvalue weighted by atomic mass is 33.1. The van der Waals surface area contributed by atoms with E-state index in [0.29, 0.717) is 12.3 Å². The molecule has 0 spiro atoms. The van der Waals surface area contributed by atoms with Gasteiger partial charge in [0.05, 0.1) is 0 Å². The lowest BCUT2D eigenvalue weighted by atomic mass is 10.4. The van der Waals surface area contributed by atoms with Gasteiger partial charge in [-0.05, 0) is 94.1 Å². The molecule has 0 heterocycles. The Morgan fingerprint density at radius 2 is 0.588 bits per heavy atom. The Morgan fingerprint density at radius 3 is 0.794 bits per heavy atom. The molecule has 4 aromatic carbocycles. The molecular formula is C26H24O2P2S4. The third-order valence-electron chi connectivity index (χ3n) is 4.60.